The van der Waals surface area contributed by atoms with E-state index in [4.69, 9.17) is 9.72 Å². The Kier molecular flexibility index (Phi) is 6.92. The van der Waals surface area contributed by atoms with E-state index < -0.39 is 5.82 Å². The number of benzene rings is 1. The number of aromatic nitrogens is 2. The van der Waals surface area contributed by atoms with Crippen LogP contribution >= 0.6 is 11.3 Å². The lowest BCUT2D eigenvalue weighted by Crippen LogP contribution is -2.56. The van der Waals surface area contributed by atoms with E-state index in [9.17, 15) is 9.18 Å². The van der Waals surface area contributed by atoms with E-state index >= 15 is 0 Å². The fourth-order valence-electron chi connectivity index (χ4n) is 4.78. The summed E-state index contributed by atoms with van der Waals surface area (Å²) in [4.78, 5) is 24.6. The summed E-state index contributed by atoms with van der Waals surface area (Å²) in [5.41, 5.74) is 3.28. The van der Waals surface area contributed by atoms with E-state index in [2.05, 4.69) is 45.7 Å². The van der Waals surface area contributed by atoms with E-state index in [1.807, 2.05) is 18.3 Å². The SMILES string of the molecule is CC1(C)CN(Cc2ccc(-c3cc4nccc(Oc5ccc(NC(=O)NC6CC6)cc5F)c4s3)nc2)CCN1. The second-order valence-corrected chi connectivity index (χ2v) is 11.9. The highest BCUT2D eigenvalue weighted by Crippen LogP contribution is 2.39. The van der Waals surface area contributed by atoms with Gasteiger partial charge in [-0.05, 0) is 56.5 Å². The number of carbonyl (C=O) groups excluding carboxylic acids is 1. The molecule has 2 aliphatic rings. The number of nitrogens with zero attached hydrogens (tertiary/aromatic N) is 3. The third kappa shape index (κ3) is 6.19. The first kappa shape index (κ1) is 25.7. The molecule has 0 bridgehead atoms. The second kappa shape index (κ2) is 10.5. The lowest BCUT2D eigenvalue weighted by Gasteiger charge is -2.39. The van der Waals surface area contributed by atoms with Crippen molar-refractivity contribution < 1.29 is 13.9 Å². The molecule has 6 rings (SSSR count). The third-order valence-electron chi connectivity index (χ3n) is 6.83. The number of amides is 2. The van der Waals surface area contributed by atoms with Crippen LogP contribution in [0.25, 0.3) is 20.8 Å². The maximum atomic E-state index is 14.9. The number of pyridine rings is 2. The molecule has 2 fully saturated rings. The van der Waals surface area contributed by atoms with Crippen LogP contribution in [0, 0.1) is 5.82 Å². The first-order valence-corrected chi connectivity index (χ1v) is 14.0. The number of hydrogen-bond donors (Lipinski definition) is 3. The molecular formula is C29H31FN6O2S. The zero-order chi connectivity index (χ0) is 27.0. The highest BCUT2D eigenvalue weighted by molar-refractivity contribution is 7.22. The maximum absolute atomic E-state index is 14.9. The number of rotatable bonds is 7. The molecule has 10 heteroatoms. The van der Waals surface area contributed by atoms with Crippen LogP contribution in [0.3, 0.4) is 0 Å². The average molecular weight is 547 g/mol. The second-order valence-electron chi connectivity index (χ2n) is 10.8. The van der Waals surface area contributed by atoms with Gasteiger partial charge in [-0.3, -0.25) is 14.9 Å². The van der Waals surface area contributed by atoms with Crippen LogP contribution in [0.2, 0.25) is 0 Å². The van der Waals surface area contributed by atoms with Gasteiger partial charge in [0.05, 0.1) is 20.8 Å². The minimum absolute atomic E-state index is 0.0733. The first-order valence-electron chi connectivity index (χ1n) is 13.2. The van der Waals surface area contributed by atoms with Crippen LogP contribution in [-0.2, 0) is 6.54 Å². The molecular weight excluding hydrogens is 515 g/mol. The van der Waals surface area contributed by atoms with Crippen molar-refractivity contribution in [2.45, 2.75) is 44.8 Å². The van der Waals surface area contributed by atoms with Crippen molar-refractivity contribution in [3.05, 3.63) is 66.2 Å². The van der Waals surface area contributed by atoms with Crippen molar-refractivity contribution in [1.82, 2.24) is 25.5 Å². The van der Waals surface area contributed by atoms with Gasteiger partial charge in [0.1, 0.15) is 5.75 Å². The number of urea groups is 1. The van der Waals surface area contributed by atoms with E-state index in [1.54, 1.807) is 18.3 Å². The Labute approximate surface area is 230 Å². The molecule has 3 aromatic heterocycles. The molecule has 1 aliphatic carbocycles. The predicted molar refractivity (Wildman–Crippen MR) is 152 cm³/mol. The lowest BCUT2D eigenvalue weighted by atomic mass is 10.0. The number of hydrogen-bond acceptors (Lipinski definition) is 7. The molecule has 1 aromatic carbocycles. The third-order valence-corrected chi connectivity index (χ3v) is 7.99. The topological polar surface area (TPSA) is 91.4 Å². The first-order chi connectivity index (χ1) is 18.8. The number of anilines is 1. The Morgan fingerprint density at radius 1 is 1.18 bits per heavy atom. The Balaban J connectivity index is 1.16. The van der Waals surface area contributed by atoms with Gasteiger partial charge in [-0.15, -0.1) is 11.3 Å². The molecule has 4 aromatic rings. The zero-order valence-electron chi connectivity index (χ0n) is 22.0. The molecule has 0 radical (unpaired) electrons. The predicted octanol–water partition coefficient (Wildman–Crippen LogP) is 5.76. The molecule has 8 nitrogen and oxygen atoms in total. The van der Waals surface area contributed by atoms with Gasteiger partial charge in [-0.1, -0.05) is 6.07 Å². The van der Waals surface area contributed by atoms with Crippen LogP contribution in [-0.4, -0.2) is 52.1 Å². The van der Waals surface area contributed by atoms with Crippen LogP contribution in [0.1, 0.15) is 32.3 Å². The molecule has 1 saturated carbocycles. The van der Waals surface area contributed by atoms with E-state index in [0.29, 0.717) is 11.4 Å². The van der Waals surface area contributed by atoms with Crippen LogP contribution < -0.4 is 20.7 Å². The van der Waals surface area contributed by atoms with Gasteiger partial charge in [0.15, 0.2) is 11.6 Å². The largest absolute Gasteiger partial charge is 0.453 e. The molecule has 3 N–H and O–H groups in total. The monoisotopic (exact) mass is 546 g/mol. The van der Waals surface area contributed by atoms with Gasteiger partial charge in [0.2, 0.25) is 0 Å². The van der Waals surface area contributed by atoms with Crippen LogP contribution in [0.15, 0.2) is 54.9 Å². The number of fused-ring (bicyclic) bond motifs is 1. The number of ether oxygens (including phenoxy) is 1. The molecule has 4 heterocycles. The molecule has 39 heavy (non-hydrogen) atoms. The Morgan fingerprint density at radius 2 is 2.05 bits per heavy atom. The summed E-state index contributed by atoms with van der Waals surface area (Å²) in [6.45, 7) is 8.33. The Hall–Kier alpha value is -3.60. The van der Waals surface area contributed by atoms with E-state index in [-0.39, 0.29) is 23.4 Å². The number of halogens is 1. The fraction of sp³-hybridized carbons (Fsp3) is 0.345. The number of carbonyl (C=O) groups is 1. The van der Waals surface area contributed by atoms with Crippen molar-refractivity contribution in [3.63, 3.8) is 0 Å². The van der Waals surface area contributed by atoms with Crippen molar-refractivity contribution in [2.24, 2.45) is 0 Å². The minimum Gasteiger partial charge on any atom is -0.453 e. The van der Waals surface area contributed by atoms with Crippen LogP contribution in [0.5, 0.6) is 11.5 Å². The molecule has 2 amide bonds. The highest BCUT2D eigenvalue weighted by Gasteiger charge is 2.26. The number of nitrogens with one attached hydrogen (secondary N) is 3. The highest BCUT2D eigenvalue weighted by atomic mass is 32.1. The molecule has 1 aliphatic heterocycles. The standard InChI is InChI=1S/C29H31FN6O2S/c1-29(2)17-36(12-11-33-29)16-18-3-7-22(32-15-18)26-14-23-27(39-26)25(9-10-31-23)38-24-8-6-20(13-21(24)30)35-28(37)34-19-4-5-19/h3,6-10,13-15,19,33H,4-5,11-12,16-17H2,1-2H3,(H2,34,35,37). The van der Waals surface area contributed by atoms with E-state index in [1.165, 1.54) is 29.0 Å². The van der Waals surface area contributed by atoms with Gasteiger partial charge in [0.25, 0.3) is 0 Å². The molecule has 0 spiro atoms. The van der Waals surface area contributed by atoms with Crippen LogP contribution in [0.4, 0.5) is 14.9 Å². The summed E-state index contributed by atoms with van der Waals surface area (Å²) in [5, 5.41) is 9.02. The summed E-state index contributed by atoms with van der Waals surface area (Å²) in [6.07, 6.45) is 5.55. The number of piperazine rings is 1. The van der Waals surface area contributed by atoms with Gasteiger partial charge >= 0.3 is 6.03 Å². The van der Waals surface area contributed by atoms with Gasteiger partial charge in [-0.25, -0.2) is 9.18 Å². The summed E-state index contributed by atoms with van der Waals surface area (Å²) in [7, 11) is 0. The normalized spacial score (nSPS) is 17.2. The van der Waals surface area contributed by atoms with Gasteiger partial charge < -0.3 is 20.7 Å². The summed E-state index contributed by atoms with van der Waals surface area (Å²) in [6, 6.07) is 12.2. The smallest absolute Gasteiger partial charge is 0.319 e. The summed E-state index contributed by atoms with van der Waals surface area (Å²) in [5.74, 6) is 0.0236. The maximum Gasteiger partial charge on any atom is 0.319 e. The Morgan fingerprint density at radius 3 is 2.79 bits per heavy atom. The molecule has 1 saturated heterocycles. The van der Waals surface area contributed by atoms with Crippen molar-refractivity contribution in [1.29, 1.82) is 0 Å². The lowest BCUT2D eigenvalue weighted by molar-refractivity contribution is 0.148. The van der Waals surface area contributed by atoms with E-state index in [0.717, 1.165) is 59.8 Å². The zero-order valence-corrected chi connectivity index (χ0v) is 22.8. The minimum atomic E-state index is -0.564. The molecule has 0 unspecified atom stereocenters. The summed E-state index contributed by atoms with van der Waals surface area (Å²) < 4.78 is 21.6. The Bertz CT molecular complexity index is 1500. The molecule has 0 atom stereocenters. The van der Waals surface area contributed by atoms with Crippen molar-refractivity contribution in [2.75, 3.05) is 25.0 Å². The van der Waals surface area contributed by atoms with Gasteiger partial charge in [-0.2, -0.15) is 0 Å². The average Bonchev–Trinajstić information content (AvgIpc) is 3.59. The van der Waals surface area contributed by atoms with Crippen molar-refractivity contribution in [3.8, 4) is 22.1 Å². The fourth-order valence-corrected chi connectivity index (χ4v) is 5.83. The molecule has 202 valence electrons. The number of thiophene rings is 1. The van der Waals surface area contributed by atoms with Crippen molar-refractivity contribution >= 4 is 33.3 Å². The quantitative estimate of drug-likeness (QED) is 0.273. The van der Waals surface area contributed by atoms with Gasteiger partial charge in [0, 0.05) is 68.0 Å². The summed E-state index contributed by atoms with van der Waals surface area (Å²) >= 11 is 1.51.